The van der Waals surface area contributed by atoms with Gasteiger partial charge in [-0.05, 0) is 35.4 Å². The summed E-state index contributed by atoms with van der Waals surface area (Å²) in [5.74, 6) is -2.41. The molecule has 0 aromatic heterocycles. The van der Waals surface area contributed by atoms with E-state index in [9.17, 15) is 46.8 Å². The molecule has 4 rings (SSSR count). The van der Waals surface area contributed by atoms with Crippen LogP contribution in [0.5, 0.6) is 0 Å². The largest absolute Gasteiger partial charge is 0.508 e. The van der Waals surface area contributed by atoms with E-state index >= 15 is 0 Å². The van der Waals surface area contributed by atoms with Crippen molar-refractivity contribution in [2.75, 3.05) is 0 Å². The maximum absolute atomic E-state index is 12.9. The van der Waals surface area contributed by atoms with Crippen LogP contribution in [0.1, 0.15) is 12.8 Å². The summed E-state index contributed by atoms with van der Waals surface area (Å²) in [6, 6.07) is 20.8. The van der Waals surface area contributed by atoms with E-state index < -0.39 is 59.1 Å². The summed E-state index contributed by atoms with van der Waals surface area (Å²) in [6.45, 7) is 0. The zero-order valence-corrected chi connectivity index (χ0v) is 18.6. The fourth-order valence-corrected chi connectivity index (χ4v) is 3.80. The van der Waals surface area contributed by atoms with Crippen molar-refractivity contribution in [2.24, 2.45) is 0 Å². The molecule has 0 bridgehead atoms. The van der Waals surface area contributed by atoms with Crippen molar-refractivity contribution in [1.82, 2.24) is 0 Å². The van der Waals surface area contributed by atoms with Gasteiger partial charge in [-0.25, -0.2) is 0 Å². The molecule has 2 atom stereocenters. The van der Waals surface area contributed by atoms with Gasteiger partial charge in [0, 0.05) is 12.8 Å². The number of hydrogen-bond donors (Lipinski definition) is 4. The summed E-state index contributed by atoms with van der Waals surface area (Å²) >= 11 is 0. The molecule has 2 aliphatic rings. The molecule has 2 aromatic carbocycles. The van der Waals surface area contributed by atoms with Gasteiger partial charge >= 0.3 is 12.4 Å². The fourth-order valence-electron chi connectivity index (χ4n) is 3.80. The first-order chi connectivity index (χ1) is 16.7. The van der Waals surface area contributed by atoms with Crippen LogP contribution in [-0.4, -0.2) is 44.0 Å². The van der Waals surface area contributed by atoms with E-state index in [1.807, 2.05) is 12.1 Å². The Morgan fingerprint density at radius 2 is 1.19 bits per heavy atom. The maximum atomic E-state index is 12.9. The standard InChI is InChI=1S/C14H12F6O4.C12H10/c15-13(16,17)7-5-11(23,3-1-9(7)21)12(24)4-2-10(22)8(6-12)14(18,19)20;1-3-7-11(8-4-1)12-9-5-2-6-10-12/h1-3,6,21-24H,4-5H2;1-10H. The number of alkyl halides is 6. The minimum Gasteiger partial charge on any atom is -0.508 e. The van der Waals surface area contributed by atoms with Crippen LogP contribution in [-0.2, 0) is 0 Å². The van der Waals surface area contributed by atoms with Gasteiger partial charge in [0.25, 0.3) is 0 Å². The maximum Gasteiger partial charge on any atom is 0.419 e. The Balaban J connectivity index is 0.000000249. The topological polar surface area (TPSA) is 80.9 Å². The molecule has 10 heteroatoms. The molecule has 0 radical (unpaired) electrons. The molecule has 2 aromatic rings. The number of aliphatic hydroxyl groups is 4. The second kappa shape index (κ2) is 9.87. The highest BCUT2D eigenvalue weighted by molar-refractivity contribution is 5.62. The summed E-state index contributed by atoms with van der Waals surface area (Å²) in [4.78, 5) is 0. The molecule has 2 aliphatic carbocycles. The molecule has 36 heavy (non-hydrogen) atoms. The van der Waals surface area contributed by atoms with Gasteiger partial charge < -0.3 is 20.4 Å². The van der Waals surface area contributed by atoms with Gasteiger partial charge in [0.05, 0.1) is 11.1 Å². The molecule has 2 unspecified atom stereocenters. The van der Waals surface area contributed by atoms with E-state index in [4.69, 9.17) is 0 Å². The third-order valence-electron chi connectivity index (χ3n) is 5.82. The Morgan fingerprint density at radius 1 is 0.694 bits per heavy atom. The Morgan fingerprint density at radius 3 is 1.64 bits per heavy atom. The summed E-state index contributed by atoms with van der Waals surface area (Å²) in [7, 11) is 0. The molecule has 0 fully saturated rings. The molecule has 0 heterocycles. The SMILES string of the molecule is OC1=CCC(O)(C2(O)C=CC(O)=C(C(F)(F)F)C2)C=C1C(F)(F)F.c1ccc(-c2ccccc2)cc1. The minimum atomic E-state index is -5.09. The lowest BCUT2D eigenvalue weighted by Gasteiger charge is -2.43. The van der Waals surface area contributed by atoms with Crippen LogP contribution in [0.3, 0.4) is 0 Å². The van der Waals surface area contributed by atoms with Crippen molar-refractivity contribution in [3.63, 3.8) is 0 Å². The molecule has 0 aliphatic heterocycles. The normalized spacial score (nSPS) is 24.4. The van der Waals surface area contributed by atoms with Gasteiger partial charge in [-0.15, -0.1) is 0 Å². The average molecular weight is 512 g/mol. The highest BCUT2D eigenvalue weighted by atomic mass is 19.4. The predicted octanol–water partition coefficient (Wildman–Crippen LogP) is 6.47. The highest BCUT2D eigenvalue weighted by Crippen LogP contribution is 2.47. The lowest BCUT2D eigenvalue weighted by Crippen LogP contribution is -2.54. The van der Waals surface area contributed by atoms with Gasteiger partial charge in [0.1, 0.15) is 22.7 Å². The van der Waals surface area contributed by atoms with Crippen molar-refractivity contribution in [1.29, 1.82) is 0 Å². The number of rotatable bonds is 2. The fraction of sp³-hybridized carbons (Fsp3) is 0.231. The molecular weight excluding hydrogens is 490 g/mol. The van der Waals surface area contributed by atoms with E-state index in [1.165, 1.54) is 11.1 Å². The van der Waals surface area contributed by atoms with Crippen LogP contribution >= 0.6 is 0 Å². The number of hydrogen-bond acceptors (Lipinski definition) is 4. The zero-order chi connectivity index (χ0) is 26.8. The summed E-state index contributed by atoms with van der Waals surface area (Å²) in [6.07, 6.45) is -10.6. The zero-order valence-electron chi connectivity index (χ0n) is 18.6. The Kier molecular flexibility index (Phi) is 7.42. The lowest BCUT2D eigenvalue weighted by molar-refractivity contribution is -0.130. The molecule has 0 spiro atoms. The second-order valence-electron chi connectivity index (χ2n) is 8.30. The van der Waals surface area contributed by atoms with Gasteiger partial charge in [0.2, 0.25) is 0 Å². The van der Waals surface area contributed by atoms with Gasteiger partial charge in [-0.2, -0.15) is 26.3 Å². The van der Waals surface area contributed by atoms with Crippen LogP contribution < -0.4 is 0 Å². The van der Waals surface area contributed by atoms with Gasteiger partial charge in [0.15, 0.2) is 0 Å². The minimum absolute atomic E-state index is 0.0863. The quantitative estimate of drug-likeness (QED) is 0.348. The smallest absolute Gasteiger partial charge is 0.419 e. The van der Waals surface area contributed by atoms with Crippen LogP contribution in [0.2, 0.25) is 0 Å². The van der Waals surface area contributed by atoms with Crippen molar-refractivity contribution < 1.29 is 46.8 Å². The molecule has 4 nitrogen and oxygen atoms in total. The first-order valence-corrected chi connectivity index (χ1v) is 10.6. The van der Waals surface area contributed by atoms with Crippen molar-refractivity contribution in [2.45, 2.75) is 36.4 Å². The van der Waals surface area contributed by atoms with Crippen LogP contribution in [0.15, 0.2) is 108 Å². The molecule has 0 saturated carbocycles. The third-order valence-corrected chi connectivity index (χ3v) is 5.82. The van der Waals surface area contributed by atoms with Crippen molar-refractivity contribution in [3.05, 3.63) is 108 Å². The van der Waals surface area contributed by atoms with Crippen LogP contribution in [0, 0.1) is 0 Å². The molecule has 0 saturated heterocycles. The summed E-state index contributed by atoms with van der Waals surface area (Å²) < 4.78 is 77.1. The Labute approximate surface area is 202 Å². The second-order valence-corrected chi connectivity index (χ2v) is 8.30. The monoisotopic (exact) mass is 512 g/mol. The van der Waals surface area contributed by atoms with E-state index in [0.29, 0.717) is 18.2 Å². The first kappa shape index (κ1) is 27.1. The number of allylic oxidation sites excluding steroid dienone is 2. The van der Waals surface area contributed by atoms with E-state index in [-0.39, 0.29) is 6.08 Å². The Bertz CT molecular complexity index is 1160. The number of halogens is 6. The van der Waals surface area contributed by atoms with Crippen LogP contribution in [0.4, 0.5) is 26.3 Å². The first-order valence-electron chi connectivity index (χ1n) is 10.6. The highest BCUT2D eigenvalue weighted by Gasteiger charge is 2.54. The Hall–Kier alpha value is -3.50. The van der Waals surface area contributed by atoms with E-state index in [1.54, 1.807) is 0 Å². The van der Waals surface area contributed by atoms with Crippen molar-refractivity contribution >= 4 is 0 Å². The summed E-state index contributed by atoms with van der Waals surface area (Å²) in [5, 5.41) is 39.3. The van der Waals surface area contributed by atoms with E-state index in [2.05, 4.69) is 48.5 Å². The summed E-state index contributed by atoms with van der Waals surface area (Å²) in [5.41, 5.74) is -6.24. The third kappa shape index (κ3) is 5.83. The average Bonchev–Trinajstić information content (AvgIpc) is 2.82. The van der Waals surface area contributed by atoms with Gasteiger partial charge in [-0.3, -0.25) is 0 Å². The molecule has 192 valence electrons. The number of aliphatic hydroxyl groups excluding tert-OH is 2. The van der Waals surface area contributed by atoms with E-state index in [0.717, 1.165) is 0 Å². The van der Waals surface area contributed by atoms with Gasteiger partial charge in [-0.1, -0.05) is 60.7 Å². The lowest BCUT2D eigenvalue weighted by atomic mass is 9.71. The molecule has 4 N–H and O–H groups in total. The van der Waals surface area contributed by atoms with Crippen LogP contribution in [0.25, 0.3) is 11.1 Å². The predicted molar refractivity (Wildman–Crippen MR) is 121 cm³/mol. The molecular formula is C26H22F6O4. The number of benzene rings is 2. The van der Waals surface area contributed by atoms with Crippen molar-refractivity contribution in [3.8, 4) is 11.1 Å². The molecule has 0 amide bonds.